The first kappa shape index (κ1) is 13.3. The zero-order valence-corrected chi connectivity index (χ0v) is 12.9. The molecule has 0 saturated carbocycles. The van der Waals surface area contributed by atoms with E-state index in [4.69, 9.17) is 11.6 Å². The molecule has 3 aromatic rings. The van der Waals surface area contributed by atoms with Crippen LogP contribution in [0.3, 0.4) is 0 Å². The van der Waals surface area contributed by atoms with Crippen molar-refractivity contribution >= 4 is 49.9 Å². The molecule has 20 heavy (non-hydrogen) atoms. The average molecular weight is 350 g/mol. The number of anilines is 2. The van der Waals surface area contributed by atoms with Crippen molar-refractivity contribution in [3.8, 4) is 0 Å². The molecule has 0 radical (unpaired) electrons. The maximum Gasteiger partial charge on any atom is 0.135 e. The van der Waals surface area contributed by atoms with E-state index in [-0.39, 0.29) is 0 Å². The number of fused-ring (bicyclic) bond motifs is 1. The summed E-state index contributed by atoms with van der Waals surface area (Å²) in [5, 5.41) is 4.69. The van der Waals surface area contributed by atoms with Gasteiger partial charge in [0.2, 0.25) is 0 Å². The maximum atomic E-state index is 5.94. The number of rotatable bonds is 2. The number of benzene rings is 1. The Labute approximate surface area is 129 Å². The lowest BCUT2D eigenvalue weighted by molar-refractivity contribution is 1.06. The molecule has 3 rings (SSSR count). The first-order chi connectivity index (χ1) is 9.61. The van der Waals surface area contributed by atoms with Crippen molar-refractivity contribution in [2.45, 2.75) is 6.92 Å². The Morgan fingerprint density at radius 1 is 1.20 bits per heavy atom. The van der Waals surface area contributed by atoms with Gasteiger partial charge < -0.3 is 5.32 Å². The van der Waals surface area contributed by atoms with Crippen molar-refractivity contribution in [2.75, 3.05) is 5.32 Å². The Morgan fingerprint density at radius 2 is 2.05 bits per heavy atom. The number of para-hydroxylation sites is 1. The summed E-state index contributed by atoms with van der Waals surface area (Å²) in [5.41, 5.74) is 1.76. The quantitative estimate of drug-likeness (QED) is 0.692. The normalized spacial score (nSPS) is 10.8. The van der Waals surface area contributed by atoms with Gasteiger partial charge in [-0.2, -0.15) is 0 Å². The third-order valence-electron chi connectivity index (χ3n) is 2.75. The molecule has 0 aliphatic heterocycles. The number of hydrogen-bond acceptors (Lipinski definition) is 4. The summed E-state index contributed by atoms with van der Waals surface area (Å²) in [6.45, 7) is 1.80. The summed E-state index contributed by atoms with van der Waals surface area (Å²) in [6.07, 6.45) is 1.77. The first-order valence-corrected chi connectivity index (χ1v) is 7.11. The second kappa shape index (κ2) is 5.34. The van der Waals surface area contributed by atoms with Crippen LogP contribution in [0.5, 0.6) is 0 Å². The lowest BCUT2D eigenvalue weighted by atomic mass is 10.2. The minimum Gasteiger partial charge on any atom is -0.338 e. The molecular formula is C14H10BrClN4. The van der Waals surface area contributed by atoms with Crippen LogP contribution in [0.2, 0.25) is 5.15 Å². The minimum absolute atomic E-state index is 0.413. The number of aromatic nitrogens is 3. The number of nitrogens with one attached hydrogen (secondary N) is 1. The molecule has 1 aromatic carbocycles. The molecule has 0 saturated heterocycles. The van der Waals surface area contributed by atoms with E-state index in [2.05, 4.69) is 36.2 Å². The first-order valence-electron chi connectivity index (χ1n) is 5.94. The van der Waals surface area contributed by atoms with Crippen LogP contribution >= 0.6 is 27.5 Å². The number of hydrogen-bond donors (Lipinski definition) is 1. The summed E-state index contributed by atoms with van der Waals surface area (Å²) in [5.74, 6) is 1.27. The van der Waals surface area contributed by atoms with Crippen molar-refractivity contribution < 1.29 is 0 Å². The van der Waals surface area contributed by atoms with E-state index in [9.17, 15) is 0 Å². The van der Waals surface area contributed by atoms with Gasteiger partial charge in [-0.3, -0.25) is 4.98 Å². The van der Waals surface area contributed by atoms with E-state index < -0.39 is 0 Å². The van der Waals surface area contributed by atoms with Crippen molar-refractivity contribution in [3.63, 3.8) is 0 Å². The van der Waals surface area contributed by atoms with Crippen LogP contribution in [-0.2, 0) is 0 Å². The summed E-state index contributed by atoms with van der Waals surface area (Å²) in [7, 11) is 0. The summed E-state index contributed by atoms with van der Waals surface area (Å²) >= 11 is 9.36. The van der Waals surface area contributed by atoms with Crippen molar-refractivity contribution in [1.29, 1.82) is 0 Å². The molecule has 0 fully saturated rings. The van der Waals surface area contributed by atoms with E-state index in [0.29, 0.717) is 16.8 Å². The Hall–Kier alpha value is -1.72. The van der Waals surface area contributed by atoms with Gasteiger partial charge in [0.25, 0.3) is 0 Å². The van der Waals surface area contributed by atoms with Crippen molar-refractivity contribution in [2.24, 2.45) is 0 Å². The van der Waals surface area contributed by atoms with Crippen LogP contribution in [0.1, 0.15) is 5.82 Å². The average Bonchev–Trinajstić information content (AvgIpc) is 2.37. The van der Waals surface area contributed by atoms with Gasteiger partial charge in [0.05, 0.1) is 11.2 Å². The van der Waals surface area contributed by atoms with Gasteiger partial charge in [-0.1, -0.05) is 23.7 Å². The van der Waals surface area contributed by atoms with Crippen LogP contribution in [0.25, 0.3) is 10.9 Å². The lowest BCUT2D eigenvalue weighted by Gasteiger charge is -2.09. The molecule has 0 unspecified atom stereocenters. The largest absolute Gasteiger partial charge is 0.338 e. The minimum atomic E-state index is 0.413. The molecule has 2 heterocycles. The highest BCUT2D eigenvalue weighted by Crippen LogP contribution is 2.26. The van der Waals surface area contributed by atoms with E-state index in [1.54, 1.807) is 19.2 Å². The van der Waals surface area contributed by atoms with Gasteiger partial charge in [0, 0.05) is 22.1 Å². The standard InChI is InChI=1S/C14H10BrClN4/c1-8-18-12(16)6-13(19-8)20-11-4-2-3-9-5-10(15)7-17-14(9)11/h2-7H,1H3,(H,18,19,20). The highest BCUT2D eigenvalue weighted by Gasteiger charge is 2.05. The second-order valence-corrected chi connectivity index (χ2v) is 5.58. The second-order valence-electron chi connectivity index (χ2n) is 4.28. The summed E-state index contributed by atoms with van der Waals surface area (Å²) in [4.78, 5) is 12.8. The Balaban J connectivity index is 2.06. The molecule has 0 atom stereocenters. The van der Waals surface area contributed by atoms with Crippen molar-refractivity contribution in [3.05, 3.63) is 52.0 Å². The molecule has 1 N–H and O–H groups in total. The number of halogens is 2. The fraction of sp³-hybridized carbons (Fsp3) is 0.0714. The van der Waals surface area contributed by atoms with Gasteiger partial charge >= 0.3 is 0 Å². The molecule has 4 nitrogen and oxygen atoms in total. The topological polar surface area (TPSA) is 50.7 Å². The van der Waals surface area contributed by atoms with E-state index in [1.165, 1.54) is 0 Å². The third-order valence-corrected chi connectivity index (χ3v) is 3.37. The van der Waals surface area contributed by atoms with Crippen LogP contribution in [-0.4, -0.2) is 15.0 Å². The predicted molar refractivity (Wildman–Crippen MR) is 84.5 cm³/mol. The number of nitrogens with zero attached hydrogens (tertiary/aromatic N) is 3. The Kier molecular flexibility index (Phi) is 3.54. The van der Waals surface area contributed by atoms with Crippen LogP contribution in [0, 0.1) is 6.92 Å². The highest BCUT2D eigenvalue weighted by atomic mass is 79.9. The third kappa shape index (κ3) is 2.73. The number of aryl methyl sites for hydroxylation is 1. The Bertz CT molecular complexity index is 771. The number of pyridine rings is 1. The van der Waals surface area contributed by atoms with Crippen LogP contribution in [0.15, 0.2) is 41.0 Å². The molecule has 0 amide bonds. The van der Waals surface area contributed by atoms with Crippen LogP contribution in [0.4, 0.5) is 11.5 Å². The van der Waals surface area contributed by atoms with Gasteiger partial charge in [-0.25, -0.2) is 9.97 Å². The molecule has 100 valence electrons. The fourth-order valence-electron chi connectivity index (χ4n) is 1.97. The van der Waals surface area contributed by atoms with Gasteiger partial charge in [0.15, 0.2) is 0 Å². The van der Waals surface area contributed by atoms with E-state index in [1.807, 2.05) is 24.3 Å². The lowest BCUT2D eigenvalue weighted by Crippen LogP contribution is -1.98. The van der Waals surface area contributed by atoms with Gasteiger partial charge in [-0.05, 0) is 35.0 Å². The molecule has 0 aliphatic rings. The fourth-order valence-corrected chi connectivity index (χ4v) is 2.54. The molecule has 0 bridgehead atoms. The molecular weight excluding hydrogens is 340 g/mol. The maximum absolute atomic E-state index is 5.94. The zero-order chi connectivity index (χ0) is 14.1. The zero-order valence-electron chi connectivity index (χ0n) is 10.6. The molecule has 0 aliphatic carbocycles. The van der Waals surface area contributed by atoms with Gasteiger partial charge in [-0.15, -0.1) is 0 Å². The van der Waals surface area contributed by atoms with Gasteiger partial charge in [0.1, 0.15) is 16.8 Å². The van der Waals surface area contributed by atoms with Crippen molar-refractivity contribution in [1.82, 2.24) is 15.0 Å². The summed E-state index contributed by atoms with van der Waals surface area (Å²) in [6, 6.07) is 9.64. The predicted octanol–water partition coefficient (Wildman–Crippen LogP) is 4.49. The smallest absolute Gasteiger partial charge is 0.135 e. The molecule has 0 spiro atoms. The molecule has 6 heteroatoms. The summed E-state index contributed by atoms with van der Waals surface area (Å²) < 4.78 is 0.947. The van der Waals surface area contributed by atoms with E-state index in [0.717, 1.165) is 21.1 Å². The monoisotopic (exact) mass is 348 g/mol. The highest BCUT2D eigenvalue weighted by molar-refractivity contribution is 9.10. The Morgan fingerprint density at radius 3 is 2.85 bits per heavy atom. The SMILES string of the molecule is Cc1nc(Cl)cc(Nc2cccc3cc(Br)cnc23)n1. The van der Waals surface area contributed by atoms with E-state index >= 15 is 0 Å². The molecule has 2 aromatic heterocycles. The van der Waals surface area contributed by atoms with Crippen LogP contribution < -0.4 is 5.32 Å².